The summed E-state index contributed by atoms with van der Waals surface area (Å²) >= 11 is 0. The van der Waals surface area contributed by atoms with Gasteiger partial charge < -0.3 is 24.4 Å². The van der Waals surface area contributed by atoms with Crippen LogP contribution in [0.4, 0.5) is 11.5 Å². The van der Waals surface area contributed by atoms with Gasteiger partial charge in [0.1, 0.15) is 11.4 Å². The average molecular weight is 447 g/mol. The van der Waals surface area contributed by atoms with Gasteiger partial charge in [-0.15, -0.1) is 0 Å². The maximum Gasteiger partial charge on any atom is 0.342 e. The Bertz CT molecular complexity index is 1190. The number of pyridine rings is 1. The molecule has 1 amide bonds. The molecule has 0 spiro atoms. The van der Waals surface area contributed by atoms with Gasteiger partial charge in [-0.1, -0.05) is 18.2 Å². The van der Waals surface area contributed by atoms with Crippen molar-refractivity contribution in [1.82, 2.24) is 4.98 Å². The minimum atomic E-state index is -0.566. The van der Waals surface area contributed by atoms with Crippen molar-refractivity contribution in [3.63, 3.8) is 0 Å². The van der Waals surface area contributed by atoms with Crippen molar-refractivity contribution in [2.24, 2.45) is 0 Å². The second-order valence-electron chi connectivity index (χ2n) is 8.08. The van der Waals surface area contributed by atoms with E-state index < -0.39 is 18.5 Å². The molecule has 1 N–H and O–H groups in total. The number of hydrogen-bond donors (Lipinski definition) is 1. The largest absolute Gasteiger partial charge is 0.490 e. The number of nitrogens with zero attached hydrogens (tertiary/aromatic N) is 2. The third-order valence-electron chi connectivity index (χ3n) is 5.69. The summed E-state index contributed by atoms with van der Waals surface area (Å²) in [6.45, 7) is 2.44. The van der Waals surface area contributed by atoms with Crippen LogP contribution >= 0.6 is 0 Å². The topological polar surface area (TPSA) is 90.0 Å². The number of amides is 1. The standard InChI is InChI=1S/C25H25N3O5/c29-23(26-18-8-9-21-22(15-18)32-13-5-12-31-21)16-33-25(30)19-14-17-6-1-2-7-20(17)27-24(19)28-10-3-4-11-28/h1-2,6-9,14-15H,3-5,10-13,16H2,(H,26,29). The van der Waals surface area contributed by atoms with Gasteiger partial charge in [-0.25, -0.2) is 9.78 Å². The maximum atomic E-state index is 12.9. The van der Waals surface area contributed by atoms with Gasteiger partial charge >= 0.3 is 5.97 Å². The predicted molar refractivity (Wildman–Crippen MR) is 124 cm³/mol. The fraction of sp³-hybridized carbons (Fsp3) is 0.320. The molecule has 0 saturated carbocycles. The van der Waals surface area contributed by atoms with Crippen LogP contribution in [0, 0.1) is 0 Å². The molecule has 0 atom stereocenters. The third kappa shape index (κ3) is 4.69. The highest BCUT2D eigenvalue weighted by Gasteiger charge is 2.23. The number of benzene rings is 2. The van der Waals surface area contributed by atoms with Crippen molar-refractivity contribution in [2.75, 3.05) is 43.1 Å². The SMILES string of the molecule is O=C(COC(=O)c1cc2ccccc2nc1N1CCCC1)Nc1ccc2c(c1)OCCCO2. The number of rotatable bonds is 5. The molecular weight excluding hydrogens is 422 g/mol. The second kappa shape index (κ2) is 9.36. The van der Waals surface area contributed by atoms with Crippen LogP contribution in [0.15, 0.2) is 48.5 Å². The van der Waals surface area contributed by atoms with Gasteiger partial charge in [0.15, 0.2) is 18.1 Å². The number of carbonyl (C=O) groups excluding carboxylic acids is 2. The highest BCUT2D eigenvalue weighted by molar-refractivity contribution is 6.01. The van der Waals surface area contributed by atoms with E-state index in [0.717, 1.165) is 43.3 Å². The molecule has 3 heterocycles. The van der Waals surface area contributed by atoms with Gasteiger partial charge in [0.05, 0.1) is 18.7 Å². The summed E-state index contributed by atoms with van der Waals surface area (Å²) in [6.07, 6.45) is 2.91. The summed E-state index contributed by atoms with van der Waals surface area (Å²) in [7, 11) is 0. The van der Waals surface area contributed by atoms with E-state index in [1.54, 1.807) is 24.3 Å². The lowest BCUT2D eigenvalue weighted by Gasteiger charge is -2.20. The monoisotopic (exact) mass is 447 g/mol. The predicted octanol–water partition coefficient (Wildman–Crippen LogP) is 3.79. The van der Waals surface area contributed by atoms with E-state index in [2.05, 4.69) is 10.2 Å². The van der Waals surface area contributed by atoms with Crippen LogP contribution in [0.25, 0.3) is 10.9 Å². The molecular formula is C25H25N3O5. The van der Waals surface area contributed by atoms with Gasteiger partial charge in [-0.3, -0.25) is 4.79 Å². The number of para-hydroxylation sites is 1. The molecule has 1 aromatic heterocycles. The van der Waals surface area contributed by atoms with Crippen molar-refractivity contribution in [3.8, 4) is 11.5 Å². The van der Waals surface area contributed by atoms with E-state index in [9.17, 15) is 9.59 Å². The fourth-order valence-electron chi connectivity index (χ4n) is 4.07. The van der Waals surface area contributed by atoms with E-state index in [-0.39, 0.29) is 0 Å². The van der Waals surface area contributed by atoms with E-state index in [1.807, 2.05) is 24.3 Å². The summed E-state index contributed by atoms with van der Waals surface area (Å²) < 4.78 is 16.6. The van der Waals surface area contributed by atoms with Gasteiger partial charge in [0, 0.05) is 36.7 Å². The maximum absolute atomic E-state index is 12.9. The highest BCUT2D eigenvalue weighted by atomic mass is 16.5. The van der Waals surface area contributed by atoms with Crippen molar-refractivity contribution in [3.05, 3.63) is 54.1 Å². The lowest BCUT2D eigenvalue weighted by Crippen LogP contribution is -2.25. The quantitative estimate of drug-likeness (QED) is 0.595. The van der Waals surface area contributed by atoms with Crippen LogP contribution in [0.5, 0.6) is 11.5 Å². The van der Waals surface area contributed by atoms with Crippen molar-refractivity contribution in [1.29, 1.82) is 0 Å². The number of anilines is 2. The number of nitrogens with one attached hydrogen (secondary N) is 1. The normalized spacial score (nSPS) is 15.2. The Hall–Kier alpha value is -3.81. The van der Waals surface area contributed by atoms with E-state index in [4.69, 9.17) is 19.2 Å². The Morgan fingerprint density at radius 2 is 1.76 bits per heavy atom. The first-order chi connectivity index (χ1) is 16.2. The first-order valence-electron chi connectivity index (χ1n) is 11.2. The molecule has 0 bridgehead atoms. The van der Waals surface area contributed by atoms with E-state index in [1.165, 1.54) is 0 Å². The molecule has 1 fully saturated rings. The van der Waals surface area contributed by atoms with Crippen molar-refractivity contribution >= 4 is 34.3 Å². The molecule has 2 aromatic carbocycles. The molecule has 1 saturated heterocycles. The van der Waals surface area contributed by atoms with Crippen LogP contribution in [0.2, 0.25) is 0 Å². The van der Waals surface area contributed by atoms with Gasteiger partial charge in [-0.2, -0.15) is 0 Å². The van der Waals surface area contributed by atoms with E-state index >= 15 is 0 Å². The number of hydrogen-bond acceptors (Lipinski definition) is 7. The van der Waals surface area contributed by atoms with Crippen LogP contribution in [-0.2, 0) is 9.53 Å². The molecule has 2 aliphatic rings. The molecule has 0 unspecified atom stereocenters. The zero-order valence-electron chi connectivity index (χ0n) is 18.2. The first-order valence-corrected chi connectivity index (χ1v) is 11.2. The molecule has 3 aromatic rings. The lowest BCUT2D eigenvalue weighted by atomic mass is 10.1. The average Bonchev–Trinajstić information content (AvgIpc) is 3.27. The highest BCUT2D eigenvalue weighted by Crippen LogP contribution is 2.32. The fourth-order valence-corrected chi connectivity index (χ4v) is 4.07. The number of ether oxygens (including phenoxy) is 3. The molecule has 8 heteroatoms. The summed E-state index contributed by atoms with van der Waals surface area (Å²) in [5, 5.41) is 3.59. The Kier molecular flexibility index (Phi) is 5.97. The number of carbonyl (C=O) groups is 2. The summed E-state index contributed by atoms with van der Waals surface area (Å²) in [4.78, 5) is 32.2. The van der Waals surface area contributed by atoms with Gasteiger partial charge in [-0.05, 0) is 37.1 Å². The molecule has 0 radical (unpaired) electrons. The number of aromatic nitrogens is 1. The smallest absolute Gasteiger partial charge is 0.342 e. The van der Waals surface area contributed by atoms with Crippen LogP contribution in [0.3, 0.4) is 0 Å². The zero-order valence-corrected chi connectivity index (χ0v) is 18.2. The van der Waals surface area contributed by atoms with Crippen molar-refractivity contribution < 1.29 is 23.8 Å². The van der Waals surface area contributed by atoms with Gasteiger partial charge in [0.2, 0.25) is 0 Å². The van der Waals surface area contributed by atoms with Crippen LogP contribution in [-0.4, -0.2) is 49.8 Å². The van der Waals surface area contributed by atoms with Gasteiger partial charge in [0.25, 0.3) is 5.91 Å². The molecule has 5 rings (SSSR count). The Balaban J connectivity index is 1.28. The zero-order chi connectivity index (χ0) is 22.6. The minimum Gasteiger partial charge on any atom is -0.490 e. The minimum absolute atomic E-state index is 0.374. The number of fused-ring (bicyclic) bond motifs is 2. The Morgan fingerprint density at radius 3 is 2.61 bits per heavy atom. The summed E-state index contributed by atoms with van der Waals surface area (Å²) in [6, 6.07) is 14.6. The molecule has 0 aliphatic carbocycles. The summed E-state index contributed by atoms with van der Waals surface area (Å²) in [5.41, 5.74) is 1.74. The van der Waals surface area contributed by atoms with Crippen LogP contribution in [0.1, 0.15) is 29.6 Å². The summed E-state index contributed by atoms with van der Waals surface area (Å²) in [5.74, 6) is 0.841. The lowest BCUT2D eigenvalue weighted by molar-refractivity contribution is -0.119. The Morgan fingerprint density at radius 1 is 0.970 bits per heavy atom. The molecule has 33 heavy (non-hydrogen) atoms. The first kappa shape index (κ1) is 21.1. The third-order valence-corrected chi connectivity index (χ3v) is 5.69. The molecule has 8 nitrogen and oxygen atoms in total. The van der Waals surface area contributed by atoms with Crippen molar-refractivity contribution in [2.45, 2.75) is 19.3 Å². The Labute approximate surface area is 191 Å². The second-order valence-corrected chi connectivity index (χ2v) is 8.08. The molecule has 2 aliphatic heterocycles. The number of esters is 1. The van der Waals surface area contributed by atoms with E-state index in [0.29, 0.717) is 41.8 Å². The molecule has 170 valence electrons. The van der Waals surface area contributed by atoms with Crippen LogP contribution < -0.4 is 19.7 Å².